The van der Waals surface area contributed by atoms with Crippen LogP contribution in [0.4, 0.5) is 0 Å². The predicted octanol–water partition coefficient (Wildman–Crippen LogP) is 2.44. The third-order valence-electron chi connectivity index (χ3n) is 2.64. The van der Waals surface area contributed by atoms with Crippen LogP contribution in [0.25, 0.3) is 0 Å². The molecule has 1 aliphatic rings. The molecule has 1 aromatic carbocycles. The van der Waals surface area contributed by atoms with E-state index in [0.717, 1.165) is 13.1 Å². The first-order valence-corrected chi connectivity index (χ1v) is 4.86. The van der Waals surface area contributed by atoms with E-state index in [-0.39, 0.29) is 17.0 Å². The molecule has 1 aliphatic heterocycles. The highest BCUT2D eigenvalue weighted by molar-refractivity contribution is 8.93. The second kappa shape index (κ2) is 5.37. The molecule has 0 saturated carbocycles. The van der Waals surface area contributed by atoms with E-state index in [9.17, 15) is 5.11 Å². The molecule has 1 atom stereocenters. The Morgan fingerprint density at radius 3 is 2.86 bits per heavy atom. The van der Waals surface area contributed by atoms with Gasteiger partial charge in [-0.1, -0.05) is 12.1 Å². The van der Waals surface area contributed by atoms with E-state index in [0.29, 0.717) is 11.7 Å². The van der Waals surface area contributed by atoms with Crippen LogP contribution in [0.15, 0.2) is 24.3 Å². The van der Waals surface area contributed by atoms with Crippen molar-refractivity contribution in [1.82, 2.24) is 5.32 Å². The van der Waals surface area contributed by atoms with Crippen molar-refractivity contribution in [2.45, 2.75) is 18.8 Å². The van der Waals surface area contributed by atoms with Crippen molar-refractivity contribution in [3.8, 4) is 5.75 Å². The Labute approximate surface area is 95.1 Å². The lowest BCUT2D eigenvalue weighted by Crippen LogP contribution is -2.28. The summed E-state index contributed by atoms with van der Waals surface area (Å²) in [4.78, 5) is 0. The maximum absolute atomic E-state index is 9.32. The molecule has 1 fully saturated rings. The van der Waals surface area contributed by atoms with Crippen LogP contribution < -0.4 is 5.32 Å². The minimum Gasteiger partial charge on any atom is -0.508 e. The first-order chi connectivity index (χ1) is 6.36. The number of hydrogen-bond acceptors (Lipinski definition) is 2. The summed E-state index contributed by atoms with van der Waals surface area (Å²) in [6.45, 7) is 2.18. The fraction of sp³-hybridized carbons (Fsp3) is 0.455. The highest BCUT2D eigenvalue weighted by atomic mass is 79.9. The van der Waals surface area contributed by atoms with Crippen LogP contribution in [0.3, 0.4) is 0 Å². The number of hydrogen-bond donors (Lipinski definition) is 2. The quantitative estimate of drug-likeness (QED) is 0.810. The average Bonchev–Trinajstić information content (AvgIpc) is 2.19. The van der Waals surface area contributed by atoms with Crippen molar-refractivity contribution >= 4 is 17.0 Å². The molecular weight excluding hydrogens is 242 g/mol. The highest BCUT2D eigenvalue weighted by Gasteiger charge is 2.14. The van der Waals surface area contributed by atoms with Crippen molar-refractivity contribution in [3.63, 3.8) is 0 Å². The molecule has 0 aromatic heterocycles. The van der Waals surface area contributed by atoms with Gasteiger partial charge in [-0.2, -0.15) is 0 Å². The number of rotatable bonds is 1. The summed E-state index contributed by atoms with van der Waals surface area (Å²) in [5, 5.41) is 12.7. The zero-order valence-electron chi connectivity index (χ0n) is 8.07. The standard InChI is InChI=1S/C11H15NO.BrH/c13-11-5-1-3-9(7-11)10-4-2-6-12-8-10;/h1,3,5,7,10,12-13H,2,4,6,8H2;1H/t10-;/m0./s1. The van der Waals surface area contributed by atoms with Crippen molar-refractivity contribution in [1.29, 1.82) is 0 Å². The molecule has 0 unspecified atom stereocenters. The Morgan fingerprint density at radius 1 is 1.36 bits per heavy atom. The fourth-order valence-corrected chi connectivity index (χ4v) is 1.92. The summed E-state index contributed by atoms with van der Waals surface area (Å²) >= 11 is 0. The van der Waals surface area contributed by atoms with E-state index >= 15 is 0 Å². The number of benzene rings is 1. The van der Waals surface area contributed by atoms with E-state index in [4.69, 9.17) is 0 Å². The summed E-state index contributed by atoms with van der Waals surface area (Å²) in [5.74, 6) is 0.962. The molecule has 2 N–H and O–H groups in total. The third-order valence-corrected chi connectivity index (χ3v) is 2.64. The number of piperidine rings is 1. The normalized spacial score (nSPS) is 21.3. The molecule has 2 rings (SSSR count). The van der Waals surface area contributed by atoms with Crippen molar-refractivity contribution in [3.05, 3.63) is 29.8 Å². The summed E-state index contributed by atoms with van der Waals surface area (Å²) < 4.78 is 0. The van der Waals surface area contributed by atoms with Gasteiger partial charge in [-0.25, -0.2) is 0 Å². The topological polar surface area (TPSA) is 32.3 Å². The first-order valence-electron chi connectivity index (χ1n) is 4.86. The maximum atomic E-state index is 9.32. The Hall–Kier alpha value is -0.540. The Kier molecular flexibility index (Phi) is 4.42. The van der Waals surface area contributed by atoms with E-state index < -0.39 is 0 Å². The zero-order valence-corrected chi connectivity index (χ0v) is 9.78. The van der Waals surface area contributed by atoms with Crippen LogP contribution in [-0.4, -0.2) is 18.2 Å². The SMILES string of the molecule is Br.Oc1cccc([C@H]2CCCNC2)c1. The first kappa shape index (κ1) is 11.5. The summed E-state index contributed by atoms with van der Waals surface area (Å²) in [5.41, 5.74) is 1.26. The van der Waals surface area contributed by atoms with Gasteiger partial charge < -0.3 is 10.4 Å². The molecule has 3 heteroatoms. The monoisotopic (exact) mass is 257 g/mol. The van der Waals surface area contributed by atoms with Gasteiger partial charge in [0.1, 0.15) is 5.75 Å². The molecule has 1 aromatic rings. The molecule has 2 nitrogen and oxygen atoms in total. The number of nitrogens with one attached hydrogen (secondary N) is 1. The second-order valence-corrected chi connectivity index (χ2v) is 3.64. The molecule has 0 amide bonds. The minimum atomic E-state index is 0. The van der Waals surface area contributed by atoms with Crippen LogP contribution in [-0.2, 0) is 0 Å². The van der Waals surface area contributed by atoms with Crippen LogP contribution in [0.1, 0.15) is 24.3 Å². The third kappa shape index (κ3) is 2.72. The largest absolute Gasteiger partial charge is 0.508 e. The predicted molar refractivity (Wildman–Crippen MR) is 63.3 cm³/mol. The summed E-state index contributed by atoms with van der Waals surface area (Å²) in [6.07, 6.45) is 2.47. The van der Waals surface area contributed by atoms with Crippen LogP contribution in [0, 0.1) is 0 Å². The van der Waals surface area contributed by atoms with Gasteiger partial charge in [0, 0.05) is 6.54 Å². The fourth-order valence-electron chi connectivity index (χ4n) is 1.92. The number of halogens is 1. The molecule has 0 bridgehead atoms. The van der Waals surface area contributed by atoms with Gasteiger partial charge in [-0.15, -0.1) is 17.0 Å². The van der Waals surface area contributed by atoms with Gasteiger partial charge in [0.05, 0.1) is 0 Å². The van der Waals surface area contributed by atoms with Crippen LogP contribution >= 0.6 is 17.0 Å². The van der Waals surface area contributed by atoms with Gasteiger partial charge in [-0.3, -0.25) is 0 Å². The number of aromatic hydroxyl groups is 1. The summed E-state index contributed by atoms with van der Waals surface area (Å²) in [6, 6.07) is 7.61. The lowest BCUT2D eigenvalue weighted by atomic mass is 9.92. The van der Waals surface area contributed by atoms with Crippen molar-refractivity contribution in [2.24, 2.45) is 0 Å². The van der Waals surface area contributed by atoms with Crippen LogP contribution in [0.5, 0.6) is 5.75 Å². The number of phenolic OH excluding ortho intramolecular Hbond substituents is 1. The second-order valence-electron chi connectivity index (χ2n) is 3.64. The van der Waals surface area contributed by atoms with Gasteiger partial charge in [0.2, 0.25) is 0 Å². The molecule has 0 radical (unpaired) electrons. The zero-order chi connectivity index (χ0) is 9.10. The van der Waals surface area contributed by atoms with Gasteiger partial charge in [0.25, 0.3) is 0 Å². The Morgan fingerprint density at radius 2 is 2.21 bits per heavy atom. The highest BCUT2D eigenvalue weighted by Crippen LogP contribution is 2.25. The van der Waals surface area contributed by atoms with E-state index in [1.807, 2.05) is 12.1 Å². The summed E-state index contributed by atoms with van der Waals surface area (Å²) in [7, 11) is 0. The lowest BCUT2D eigenvalue weighted by molar-refractivity contribution is 0.452. The van der Waals surface area contributed by atoms with E-state index in [1.54, 1.807) is 6.07 Å². The van der Waals surface area contributed by atoms with Crippen LogP contribution in [0.2, 0.25) is 0 Å². The Bertz CT molecular complexity index is 284. The molecule has 1 heterocycles. The van der Waals surface area contributed by atoms with Crippen molar-refractivity contribution < 1.29 is 5.11 Å². The van der Waals surface area contributed by atoms with Gasteiger partial charge in [0.15, 0.2) is 0 Å². The minimum absolute atomic E-state index is 0. The molecular formula is C11H16BrNO. The number of phenols is 1. The Balaban J connectivity index is 0.000000980. The molecule has 14 heavy (non-hydrogen) atoms. The van der Waals surface area contributed by atoms with Crippen molar-refractivity contribution in [2.75, 3.05) is 13.1 Å². The molecule has 1 saturated heterocycles. The lowest BCUT2D eigenvalue weighted by Gasteiger charge is -2.23. The van der Waals surface area contributed by atoms with Gasteiger partial charge >= 0.3 is 0 Å². The van der Waals surface area contributed by atoms with E-state index in [1.165, 1.54) is 18.4 Å². The van der Waals surface area contributed by atoms with E-state index in [2.05, 4.69) is 11.4 Å². The maximum Gasteiger partial charge on any atom is 0.115 e. The molecule has 0 aliphatic carbocycles. The van der Waals surface area contributed by atoms with Gasteiger partial charge in [-0.05, 0) is 43.0 Å². The average molecular weight is 258 g/mol. The molecule has 0 spiro atoms. The molecule has 78 valence electrons. The smallest absolute Gasteiger partial charge is 0.115 e.